The second-order valence-corrected chi connectivity index (χ2v) is 8.21. The Hall–Kier alpha value is -3.24. The highest BCUT2D eigenvalue weighted by molar-refractivity contribution is 5.90. The van der Waals surface area contributed by atoms with Crippen LogP contribution in [0, 0.1) is 31.1 Å². The Balaban J connectivity index is 1.78. The summed E-state index contributed by atoms with van der Waals surface area (Å²) in [6.07, 6.45) is 6.00. The van der Waals surface area contributed by atoms with E-state index in [1.807, 2.05) is 38.1 Å². The van der Waals surface area contributed by atoms with Crippen LogP contribution in [-0.4, -0.2) is 35.9 Å². The van der Waals surface area contributed by atoms with Crippen LogP contribution in [0.15, 0.2) is 42.7 Å². The molecule has 7 heteroatoms. The molecule has 31 heavy (non-hydrogen) atoms. The van der Waals surface area contributed by atoms with Crippen LogP contribution in [0.1, 0.15) is 41.1 Å². The number of pyridine rings is 1. The number of amides is 2. The molecule has 1 fully saturated rings. The molecule has 1 unspecified atom stereocenters. The lowest BCUT2D eigenvalue weighted by atomic mass is 10.00. The Morgan fingerprint density at radius 3 is 2.55 bits per heavy atom. The molecule has 7 nitrogen and oxygen atoms in total. The van der Waals surface area contributed by atoms with Crippen LogP contribution in [-0.2, 0) is 16.0 Å². The lowest BCUT2D eigenvalue weighted by Gasteiger charge is -2.23. The van der Waals surface area contributed by atoms with Gasteiger partial charge in [0.1, 0.15) is 18.6 Å². The van der Waals surface area contributed by atoms with Gasteiger partial charge in [-0.25, -0.2) is 0 Å². The average Bonchev–Trinajstić information content (AvgIpc) is 3.56. The minimum atomic E-state index is -0.788. The molecule has 1 aromatic carbocycles. The van der Waals surface area contributed by atoms with Crippen molar-refractivity contribution in [3.63, 3.8) is 0 Å². The zero-order valence-corrected chi connectivity index (χ0v) is 18.0. The number of nitrogens with zero attached hydrogens (tertiary/aromatic N) is 2. The van der Waals surface area contributed by atoms with Crippen molar-refractivity contribution >= 4 is 11.8 Å². The first kappa shape index (κ1) is 22.4. The van der Waals surface area contributed by atoms with Gasteiger partial charge >= 0.3 is 0 Å². The summed E-state index contributed by atoms with van der Waals surface area (Å²) >= 11 is 0. The van der Waals surface area contributed by atoms with E-state index < -0.39 is 12.1 Å². The molecule has 3 rings (SSSR count). The van der Waals surface area contributed by atoms with Gasteiger partial charge in [-0.3, -0.25) is 14.6 Å². The highest BCUT2D eigenvalue weighted by atomic mass is 16.2. The minimum Gasteiger partial charge on any atom is -0.342 e. The summed E-state index contributed by atoms with van der Waals surface area (Å²) in [6, 6.07) is 10.3. The number of aryl methyl sites for hydroxylation is 2. The van der Waals surface area contributed by atoms with E-state index in [-0.39, 0.29) is 18.4 Å². The maximum atomic E-state index is 13.2. The van der Waals surface area contributed by atoms with Crippen LogP contribution >= 0.6 is 0 Å². The zero-order valence-electron chi connectivity index (χ0n) is 18.0. The molecular formula is C24H29N5O2. The molecule has 162 valence electrons. The number of nitrogens with one attached hydrogen (secondary N) is 3. The second-order valence-electron chi connectivity index (χ2n) is 8.21. The van der Waals surface area contributed by atoms with Gasteiger partial charge in [-0.05, 0) is 56.3 Å². The molecule has 1 aromatic heterocycles. The smallest absolute Gasteiger partial charge is 0.243 e. The Morgan fingerprint density at radius 1 is 1.19 bits per heavy atom. The van der Waals surface area contributed by atoms with E-state index >= 15 is 0 Å². The third-order valence-corrected chi connectivity index (χ3v) is 5.28. The van der Waals surface area contributed by atoms with E-state index in [9.17, 15) is 9.59 Å². The number of benzene rings is 1. The molecule has 0 radical (unpaired) electrons. The normalized spacial score (nSPS) is 14.9. The summed E-state index contributed by atoms with van der Waals surface area (Å²) < 4.78 is 0. The van der Waals surface area contributed by atoms with Gasteiger partial charge in [-0.2, -0.15) is 5.26 Å². The van der Waals surface area contributed by atoms with Crippen molar-refractivity contribution in [3.05, 3.63) is 65.0 Å². The van der Waals surface area contributed by atoms with Crippen molar-refractivity contribution in [3.8, 4) is 6.07 Å². The molecule has 1 aliphatic carbocycles. The Bertz CT molecular complexity index is 930. The summed E-state index contributed by atoms with van der Waals surface area (Å²) in [5.41, 5.74) is 3.90. The maximum Gasteiger partial charge on any atom is 0.243 e. The first-order valence-corrected chi connectivity index (χ1v) is 10.6. The molecule has 2 atom stereocenters. The van der Waals surface area contributed by atoms with Gasteiger partial charge in [0.25, 0.3) is 0 Å². The molecule has 3 N–H and O–H groups in total. The van der Waals surface area contributed by atoms with Gasteiger partial charge in [0.15, 0.2) is 0 Å². The van der Waals surface area contributed by atoms with Gasteiger partial charge in [0.05, 0.1) is 6.07 Å². The van der Waals surface area contributed by atoms with Crippen LogP contribution in [0.4, 0.5) is 0 Å². The monoisotopic (exact) mass is 419 g/mol. The molecule has 0 bridgehead atoms. The van der Waals surface area contributed by atoms with Crippen molar-refractivity contribution in [2.45, 2.75) is 45.2 Å². The SMILES string of the molecule is Cc1cc(C)cc(C[C@H](NC(=O)C(NCC2CC2)c2cccnc2)C(=O)NCC#N)c1. The fourth-order valence-corrected chi connectivity index (χ4v) is 3.65. The number of hydrogen-bond donors (Lipinski definition) is 3. The lowest BCUT2D eigenvalue weighted by Crippen LogP contribution is -2.51. The predicted octanol–water partition coefficient (Wildman–Crippen LogP) is 2.11. The van der Waals surface area contributed by atoms with Crippen molar-refractivity contribution in [2.75, 3.05) is 13.1 Å². The molecule has 1 saturated carbocycles. The summed E-state index contributed by atoms with van der Waals surface area (Å²) in [5.74, 6) is -0.0618. The van der Waals surface area contributed by atoms with E-state index in [4.69, 9.17) is 5.26 Å². The number of aromatic nitrogens is 1. The highest BCUT2D eigenvalue weighted by Gasteiger charge is 2.29. The van der Waals surface area contributed by atoms with Crippen molar-refractivity contribution in [2.24, 2.45) is 5.92 Å². The minimum absolute atomic E-state index is 0.107. The number of rotatable bonds is 10. The van der Waals surface area contributed by atoms with E-state index in [0.29, 0.717) is 12.3 Å². The fourth-order valence-electron chi connectivity index (χ4n) is 3.65. The zero-order chi connectivity index (χ0) is 22.2. The molecule has 1 aliphatic rings. The second kappa shape index (κ2) is 10.7. The van der Waals surface area contributed by atoms with Crippen molar-refractivity contribution in [1.29, 1.82) is 5.26 Å². The first-order valence-electron chi connectivity index (χ1n) is 10.6. The molecule has 0 saturated heterocycles. The standard InChI is InChI=1S/C24H29N5O2/c1-16-10-17(2)12-19(11-16)13-21(23(30)27-9-7-25)29-24(31)22(28-14-18-5-6-18)20-4-3-8-26-15-20/h3-4,8,10-12,15,18,21-22,28H,5-6,9,13-14H2,1-2H3,(H,27,30)(H,29,31)/t21-,22?/m0/s1. The number of carbonyl (C=O) groups excluding carboxylic acids is 2. The molecule has 1 heterocycles. The average molecular weight is 420 g/mol. The van der Waals surface area contributed by atoms with E-state index in [2.05, 4.69) is 27.0 Å². The molecule has 2 aromatic rings. The predicted molar refractivity (Wildman–Crippen MR) is 118 cm³/mol. The molecule has 0 aliphatic heterocycles. The van der Waals surface area contributed by atoms with Crippen LogP contribution < -0.4 is 16.0 Å². The van der Waals surface area contributed by atoms with Crippen LogP contribution in [0.2, 0.25) is 0 Å². The highest BCUT2D eigenvalue weighted by Crippen LogP contribution is 2.28. The molecule has 2 amide bonds. The number of hydrogen-bond acceptors (Lipinski definition) is 5. The van der Waals surface area contributed by atoms with E-state index in [1.54, 1.807) is 18.5 Å². The Kier molecular flexibility index (Phi) is 7.74. The first-order chi connectivity index (χ1) is 15.0. The topological polar surface area (TPSA) is 107 Å². The largest absolute Gasteiger partial charge is 0.342 e. The third-order valence-electron chi connectivity index (χ3n) is 5.28. The van der Waals surface area contributed by atoms with Gasteiger partial charge in [0, 0.05) is 18.8 Å². The molecule has 0 spiro atoms. The summed E-state index contributed by atoms with van der Waals surface area (Å²) in [4.78, 5) is 30.1. The van der Waals surface area contributed by atoms with E-state index in [0.717, 1.165) is 28.8 Å². The van der Waals surface area contributed by atoms with Gasteiger partial charge in [-0.15, -0.1) is 0 Å². The number of carbonyl (C=O) groups is 2. The van der Waals surface area contributed by atoms with Crippen molar-refractivity contribution in [1.82, 2.24) is 20.9 Å². The third kappa shape index (κ3) is 6.90. The summed E-state index contributed by atoms with van der Waals surface area (Å²) in [7, 11) is 0. The Morgan fingerprint density at radius 2 is 1.94 bits per heavy atom. The van der Waals surface area contributed by atoms with Gasteiger partial charge in [0.2, 0.25) is 11.8 Å². The lowest BCUT2D eigenvalue weighted by molar-refractivity contribution is -0.130. The van der Waals surface area contributed by atoms with Gasteiger partial charge < -0.3 is 16.0 Å². The molecular weight excluding hydrogens is 390 g/mol. The fraction of sp³-hybridized carbons (Fsp3) is 0.417. The maximum absolute atomic E-state index is 13.2. The summed E-state index contributed by atoms with van der Waals surface area (Å²) in [5, 5.41) is 17.7. The summed E-state index contributed by atoms with van der Waals surface area (Å²) in [6.45, 7) is 4.64. The van der Waals surface area contributed by atoms with Crippen LogP contribution in [0.25, 0.3) is 0 Å². The quantitative estimate of drug-likeness (QED) is 0.511. The van der Waals surface area contributed by atoms with E-state index in [1.165, 1.54) is 12.8 Å². The number of nitriles is 1. The Labute approximate surface area is 183 Å². The van der Waals surface area contributed by atoms with Crippen LogP contribution in [0.5, 0.6) is 0 Å². The van der Waals surface area contributed by atoms with Crippen molar-refractivity contribution < 1.29 is 9.59 Å². The van der Waals surface area contributed by atoms with Crippen LogP contribution in [0.3, 0.4) is 0 Å². The van der Waals surface area contributed by atoms with Gasteiger partial charge in [-0.1, -0.05) is 35.4 Å².